The summed E-state index contributed by atoms with van der Waals surface area (Å²) in [5.74, 6) is -7.26. The first-order chi connectivity index (χ1) is 15.1. The zero-order valence-corrected chi connectivity index (χ0v) is 18.0. The zero-order valence-electron chi connectivity index (χ0n) is 17.1. The predicted octanol–water partition coefficient (Wildman–Crippen LogP) is 3.12. The van der Waals surface area contributed by atoms with Gasteiger partial charge in [0.1, 0.15) is 11.5 Å². The number of carbonyl (C=O) groups is 2. The second kappa shape index (κ2) is 9.67. The third-order valence-corrected chi connectivity index (χ3v) is 7.10. The molecule has 1 saturated heterocycles. The normalized spacial score (nSPS) is 18.7. The van der Waals surface area contributed by atoms with Gasteiger partial charge in [-0.15, -0.1) is 0 Å². The van der Waals surface area contributed by atoms with E-state index in [9.17, 15) is 14.2 Å². The highest BCUT2D eigenvalue weighted by Gasteiger charge is 2.63. The highest BCUT2D eigenvalue weighted by molar-refractivity contribution is 7.55. The van der Waals surface area contributed by atoms with Crippen LogP contribution < -0.4 is 20.5 Å². The molecule has 0 radical (unpaired) electrons. The molecule has 2 atom stereocenters. The number of likely N-dealkylation sites (tertiary alicyclic amines) is 1. The van der Waals surface area contributed by atoms with E-state index in [0.717, 1.165) is 4.90 Å². The second-order valence-corrected chi connectivity index (χ2v) is 9.31. The molecule has 8 nitrogen and oxygen atoms in total. The lowest BCUT2D eigenvalue weighted by molar-refractivity contribution is -0.135. The maximum Gasteiger partial charge on any atom is 0.459 e. The Morgan fingerprint density at radius 1 is 1.06 bits per heavy atom. The van der Waals surface area contributed by atoms with Gasteiger partial charge in [0.2, 0.25) is 17.6 Å². The van der Waals surface area contributed by atoms with Crippen LogP contribution in [0.15, 0.2) is 60.7 Å². The number of benzene rings is 2. The van der Waals surface area contributed by atoms with Gasteiger partial charge >= 0.3 is 7.60 Å². The molecule has 0 spiro atoms. The summed E-state index contributed by atoms with van der Waals surface area (Å²) in [5.41, 5.74) is 10.9. The van der Waals surface area contributed by atoms with Gasteiger partial charge in [-0.1, -0.05) is 36.4 Å². The van der Waals surface area contributed by atoms with Crippen molar-refractivity contribution in [3.8, 4) is 11.5 Å². The molecule has 1 aliphatic rings. The average Bonchev–Trinajstić information content (AvgIpc) is 3.08. The van der Waals surface area contributed by atoms with Gasteiger partial charge in [-0.2, -0.15) is 0 Å². The largest absolute Gasteiger partial charge is 0.459 e. The third kappa shape index (κ3) is 5.44. The van der Waals surface area contributed by atoms with Crippen molar-refractivity contribution in [2.75, 3.05) is 6.54 Å². The van der Waals surface area contributed by atoms with E-state index >= 15 is 8.78 Å². The van der Waals surface area contributed by atoms with Crippen LogP contribution in [0.1, 0.15) is 19.3 Å². The molecule has 11 heteroatoms. The molecule has 1 heterocycles. The topological polar surface area (TPSA) is 125 Å². The van der Waals surface area contributed by atoms with Crippen LogP contribution in [0.25, 0.3) is 0 Å². The van der Waals surface area contributed by atoms with E-state index in [0.29, 0.717) is 0 Å². The maximum atomic E-state index is 15.1. The number of nitrogens with zero attached hydrogens (tertiary/aromatic N) is 1. The predicted molar refractivity (Wildman–Crippen MR) is 113 cm³/mol. The van der Waals surface area contributed by atoms with Gasteiger partial charge in [0, 0.05) is 19.4 Å². The summed E-state index contributed by atoms with van der Waals surface area (Å²) in [5, 5.41) is 0. The molecule has 0 bridgehead atoms. The van der Waals surface area contributed by atoms with Crippen LogP contribution in [-0.2, 0) is 14.2 Å². The highest BCUT2D eigenvalue weighted by Crippen LogP contribution is 2.61. The number of alkyl halides is 2. The molecule has 1 fully saturated rings. The minimum atomic E-state index is -4.71. The molecule has 3 rings (SSSR count). The standard InChI is InChI=1S/C21H24F2N3O5P/c22-21(23)13-14-26(19(28)17(24)11-12-18(25)27)20(21)32(29,30-15-7-3-1-4-8-15)31-16-9-5-2-6-10-16/h1-10,17,20H,11-14,24H2,(H2,25,27)/t17-,20-/m0/s1. The van der Waals surface area contributed by atoms with Gasteiger partial charge in [-0.3, -0.25) is 9.59 Å². The number of carbonyl (C=O) groups excluding carboxylic acids is 2. The Kier molecular flexibility index (Phi) is 7.16. The first-order valence-electron chi connectivity index (χ1n) is 9.93. The first-order valence-corrected chi connectivity index (χ1v) is 11.5. The molecule has 0 saturated carbocycles. The molecule has 0 aliphatic carbocycles. The lowest BCUT2D eigenvalue weighted by atomic mass is 10.1. The Hall–Kier alpha value is -2.97. The molecule has 2 aromatic rings. The molecule has 0 aromatic heterocycles. The summed E-state index contributed by atoms with van der Waals surface area (Å²) in [7, 11) is -4.71. The van der Waals surface area contributed by atoms with Crippen molar-refractivity contribution in [2.24, 2.45) is 11.5 Å². The quantitative estimate of drug-likeness (QED) is 0.546. The number of halogens is 2. The number of rotatable bonds is 9. The van der Waals surface area contributed by atoms with E-state index in [2.05, 4.69) is 0 Å². The molecule has 4 N–H and O–H groups in total. The summed E-state index contributed by atoms with van der Waals surface area (Å²) in [4.78, 5) is 24.6. The van der Waals surface area contributed by atoms with E-state index in [1.165, 1.54) is 24.3 Å². The van der Waals surface area contributed by atoms with Crippen molar-refractivity contribution >= 4 is 19.4 Å². The fourth-order valence-corrected chi connectivity index (χ4v) is 5.62. The Morgan fingerprint density at radius 2 is 1.56 bits per heavy atom. The lowest BCUT2D eigenvalue weighted by Crippen LogP contribution is -2.50. The maximum absolute atomic E-state index is 15.1. The van der Waals surface area contributed by atoms with E-state index in [4.69, 9.17) is 20.5 Å². The van der Waals surface area contributed by atoms with Gasteiger partial charge in [0.05, 0.1) is 6.04 Å². The second-order valence-electron chi connectivity index (χ2n) is 7.38. The summed E-state index contributed by atoms with van der Waals surface area (Å²) in [6.45, 7) is -0.402. The van der Waals surface area contributed by atoms with E-state index < -0.39 is 50.1 Å². The van der Waals surface area contributed by atoms with Crippen molar-refractivity contribution in [3.05, 3.63) is 60.7 Å². The van der Waals surface area contributed by atoms with Crippen molar-refractivity contribution in [3.63, 3.8) is 0 Å². The molecular weight excluding hydrogens is 443 g/mol. The summed E-state index contributed by atoms with van der Waals surface area (Å²) in [6.07, 6.45) is -1.07. The SMILES string of the molecule is NC(=O)CC[C@H](N)C(=O)N1CCC(F)(F)[C@@H]1P(=O)(Oc1ccccc1)Oc1ccccc1. The van der Waals surface area contributed by atoms with Crippen molar-refractivity contribution < 1.29 is 32.0 Å². The number of amides is 2. The van der Waals surface area contributed by atoms with Crippen molar-refractivity contribution in [1.82, 2.24) is 4.90 Å². The van der Waals surface area contributed by atoms with Gasteiger partial charge in [-0.25, -0.2) is 13.3 Å². The zero-order chi connectivity index (χ0) is 23.4. The fraction of sp³-hybridized carbons (Fsp3) is 0.333. The Morgan fingerprint density at radius 3 is 2.03 bits per heavy atom. The van der Waals surface area contributed by atoms with Gasteiger partial charge in [0.25, 0.3) is 5.92 Å². The van der Waals surface area contributed by atoms with Crippen molar-refractivity contribution in [1.29, 1.82) is 0 Å². The van der Waals surface area contributed by atoms with E-state index in [1.807, 2.05) is 0 Å². The molecule has 0 unspecified atom stereocenters. The number of hydrogen-bond acceptors (Lipinski definition) is 6. The van der Waals surface area contributed by atoms with Crippen LogP contribution in [0.5, 0.6) is 11.5 Å². The average molecular weight is 467 g/mol. The Labute approximate surface area is 184 Å². The number of hydrogen-bond donors (Lipinski definition) is 2. The van der Waals surface area contributed by atoms with Gasteiger partial charge in [0.15, 0.2) is 0 Å². The van der Waals surface area contributed by atoms with Gasteiger partial charge in [-0.05, 0) is 30.7 Å². The number of nitrogens with two attached hydrogens (primary N) is 2. The minimum absolute atomic E-state index is 0.0416. The molecule has 32 heavy (non-hydrogen) atoms. The highest BCUT2D eigenvalue weighted by atomic mass is 31.2. The third-order valence-electron chi connectivity index (χ3n) is 4.91. The Balaban J connectivity index is 1.98. The first kappa shape index (κ1) is 23.7. The van der Waals surface area contributed by atoms with Crippen LogP contribution in [0.2, 0.25) is 0 Å². The smallest absolute Gasteiger partial charge is 0.415 e. The van der Waals surface area contributed by atoms with E-state index in [1.54, 1.807) is 36.4 Å². The summed E-state index contributed by atoms with van der Waals surface area (Å²) >= 11 is 0. The van der Waals surface area contributed by atoms with E-state index in [-0.39, 0.29) is 24.3 Å². The van der Waals surface area contributed by atoms with Crippen LogP contribution in [-0.4, -0.2) is 41.0 Å². The lowest BCUT2D eigenvalue weighted by Gasteiger charge is -2.34. The Bertz CT molecular complexity index is 948. The van der Waals surface area contributed by atoms with Crippen LogP contribution in [0.3, 0.4) is 0 Å². The molecular formula is C21H24F2N3O5P. The molecule has 172 valence electrons. The molecule has 2 aromatic carbocycles. The summed E-state index contributed by atoms with van der Waals surface area (Å²) < 4.78 is 55.1. The van der Waals surface area contributed by atoms with Crippen LogP contribution in [0.4, 0.5) is 8.78 Å². The molecule has 2 amide bonds. The fourth-order valence-electron chi connectivity index (χ4n) is 3.39. The summed E-state index contributed by atoms with van der Waals surface area (Å²) in [6, 6.07) is 14.2. The molecule has 1 aliphatic heterocycles. The monoisotopic (exact) mass is 467 g/mol. The van der Waals surface area contributed by atoms with Crippen LogP contribution in [0, 0.1) is 0 Å². The minimum Gasteiger partial charge on any atom is -0.415 e. The van der Waals surface area contributed by atoms with Crippen LogP contribution >= 0.6 is 7.60 Å². The van der Waals surface area contributed by atoms with Gasteiger partial charge < -0.3 is 25.4 Å². The number of primary amides is 1. The van der Waals surface area contributed by atoms with Crippen molar-refractivity contribution in [2.45, 2.75) is 37.0 Å². The number of para-hydroxylation sites is 2.